The smallest absolute Gasteiger partial charge is 0.219 e. The average molecular weight is 192 g/mol. The number of benzene rings is 1. The second-order valence-corrected chi connectivity index (χ2v) is 3.37. The van der Waals surface area contributed by atoms with Crippen LogP contribution in [-0.2, 0) is 11.2 Å². The number of hydrogen-bond donors (Lipinski definition) is 2. The van der Waals surface area contributed by atoms with E-state index in [1.165, 1.54) is 5.56 Å². The topological polar surface area (TPSA) is 69.1 Å². The van der Waals surface area contributed by atoms with Crippen LogP contribution in [0.1, 0.15) is 30.5 Å². The Hall–Kier alpha value is -1.35. The first kappa shape index (κ1) is 10.7. The molecule has 0 aliphatic rings. The fraction of sp³-hybridized carbons (Fsp3) is 0.364. The van der Waals surface area contributed by atoms with Crippen LogP contribution in [0.25, 0.3) is 0 Å². The number of primary amides is 1. The van der Waals surface area contributed by atoms with Gasteiger partial charge in [0.25, 0.3) is 0 Å². The van der Waals surface area contributed by atoms with Gasteiger partial charge in [0.05, 0.1) is 0 Å². The van der Waals surface area contributed by atoms with Gasteiger partial charge in [0.15, 0.2) is 0 Å². The van der Waals surface area contributed by atoms with E-state index >= 15 is 0 Å². The van der Waals surface area contributed by atoms with Gasteiger partial charge in [-0.2, -0.15) is 0 Å². The van der Waals surface area contributed by atoms with Crippen molar-refractivity contribution in [3.8, 4) is 0 Å². The Bertz CT molecular complexity index is 306. The summed E-state index contributed by atoms with van der Waals surface area (Å²) in [5.41, 5.74) is 13.1. The van der Waals surface area contributed by atoms with Gasteiger partial charge in [0, 0.05) is 12.5 Å². The molecule has 0 aromatic heterocycles. The van der Waals surface area contributed by atoms with Crippen LogP contribution in [0.5, 0.6) is 0 Å². The highest BCUT2D eigenvalue weighted by molar-refractivity contribution is 5.74. The molecule has 0 fully saturated rings. The molecule has 1 aromatic carbocycles. The Morgan fingerprint density at radius 1 is 1.36 bits per heavy atom. The predicted octanol–water partition coefficient (Wildman–Crippen LogP) is 1.12. The number of carbonyl (C=O) groups excluding carboxylic acids is 1. The molecule has 3 heteroatoms. The molecule has 4 N–H and O–H groups in total. The molecular formula is C11H16N2O. The number of aryl methyl sites for hydroxylation is 1. The van der Waals surface area contributed by atoms with Gasteiger partial charge in [0.2, 0.25) is 5.91 Å². The van der Waals surface area contributed by atoms with Crippen LogP contribution >= 0.6 is 0 Å². The van der Waals surface area contributed by atoms with E-state index in [0.717, 1.165) is 12.0 Å². The van der Waals surface area contributed by atoms with Gasteiger partial charge in [0.1, 0.15) is 0 Å². The summed E-state index contributed by atoms with van der Waals surface area (Å²) in [6, 6.07) is 7.67. The Morgan fingerprint density at radius 3 is 2.36 bits per heavy atom. The van der Waals surface area contributed by atoms with Crippen LogP contribution in [0.3, 0.4) is 0 Å². The van der Waals surface area contributed by atoms with Crippen LogP contribution in [0.15, 0.2) is 24.3 Å². The molecule has 1 rings (SSSR count). The fourth-order valence-electron chi connectivity index (χ4n) is 1.34. The third-order valence-electron chi connectivity index (χ3n) is 2.24. The molecule has 1 atom stereocenters. The maximum absolute atomic E-state index is 10.6. The number of rotatable bonds is 4. The first-order chi connectivity index (χ1) is 6.63. The quantitative estimate of drug-likeness (QED) is 0.750. The summed E-state index contributed by atoms with van der Waals surface area (Å²) < 4.78 is 0. The molecular weight excluding hydrogens is 176 g/mol. The first-order valence-corrected chi connectivity index (χ1v) is 4.76. The second-order valence-electron chi connectivity index (χ2n) is 3.37. The maximum atomic E-state index is 10.6. The summed E-state index contributed by atoms with van der Waals surface area (Å²) in [7, 11) is 0. The predicted molar refractivity (Wildman–Crippen MR) is 56.6 cm³/mol. The highest BCUT2D eigenvalue weighted by atomic mass is 16.1. The molecule has 0 aliphatic carbocycles. The Morgan fingerprint density at radius 2 is 1.93 bits per heavy atom. The van der Waals surface area contributed by atoms with E-state index in [2.05, 4.69) is 6.92 Å². The van der Waals surface area contributed by atoms with E-state index in [9.17, 15) is 4.79 Å². The highest BCUT2D eigenvalue weighted by Crippen LogP contribution is 2.14. The lowest BCUT2D eigenvalue weighted by Gasteiger charge is -2.09. The van der Waals surface area contributed by atoms with E-state index in [1.54, 1.807) is 0 Å². The lowest BCUT2D eigenvalue weighted by Crippen LogP contribution is -2.20. The van der Waals surface area contributed by atoms with Crippen molar-refractivity contribution < 1.29 is 4.79 Å². The molecule has 0 spiro atoms. The van der Waals surface area contributed by atoms with Gasteiger partial charge >= 0.3 is 0 Å². The van der Waals surface area contributed by atoms with E-state index in [0.29, 0.717) is 0 Å². The number of amides is 1. The molecule has 14 heavy (non-hydrogen) atoms. The van der Waals surface area contributed by atoms with Crippen LogP contribution in [0.4, 0.5) is 0 Å². The van der Waals surface area contributed by atoms with E-state index < -0.39 is 0 Å². The molecule has 1 aromatic rings. The average Bonchev–Trinajstić information content (AvgIpc) is 2.17. The van der Waals surface area contributed by atoms with Crippen molar-refractivity contribution in [1.29, 1.82) is 0 Å². The van der Waals surface area contributed by atoms with Crippen molar-refractivity contribution in [3.05, 3.63) is 35.4 Å². The summed E-state index contributed by atoms with van der Waals surface area (Å²) in [5, 5.41) is 0. The van der Waals surface area contributed by atoms with Gasteiger partial charge in [-0.1, -0.05) is 31.2 Å². The minimum absolute atomic E-state index is 0.200. The van der Waals surface area contributed by atoms with E-state index in [1.807, 2.05) is 24.3 Å². The molecule has 0 saturated heterocycles. The summed E-state index contributed by atoms with van der Waals surface area (Å²) in [6.07, 6.45) is 1.21. The van der Waals surface area contributed by atoms with Gasteiger partial charge in [-0.05, 0) is 17.5 Å². The highest BCUT2D eigenvalue weighted by Gasteiger charge is 2.08. The van der Waals surface area contributed by atoms with Crippen LogP contribution in [0.2, 0.25) is 0 Å². The van der Waals surface area contributed by atoms with Gasteiger partial charge in [-0.25, -0.2) is 0 Å². The molecule has 1 unspecified atom stereocenters. The molecule has 0 bridgehead atoms. The maximum Gasteiger partial charge on any atom is 0.219 e. The summed E-state index contributed by atoms with van der Waals surface area (Å²) in [6.45, 7) is 2.10. The third-order valence-corrected chi connectivity index (χ3v) is 2.24. The number of nitrogens with two attached hydrogens (primary N) is 2. The van der Waals surface area contributed by atoms with Crippen molar-refractivity contribution in [2.24, 2.45) is 11.5 Å². The van der Waals surface area contributed by atoms with Crippen molar-refractivity contribution >= 4 is 5.91 Å². The zero-order chi connectivity index (χ0) is 10.6. The summed E-state index contributed by atoms with van der Waals surface area (Å²) in [4.78, 5) is 10.6. The molecule has 0 saturated carbocycles. The zero-order valence-corrected chi connectivity index (χ0v) is 8.36. The molecule has 0 heterocycles. The number of carbonyl (C=O) groups is 1. The Kier molecular flexibility index (Phi) is 3.65. The van der Waals surface area contributed by atoms with Crippen LogP contribution < -0.4 is 11.5 Å². The number of hydrogen-bond acceptors (Lipinski definition) is 2. The van der Waals surface area contributed by atoms with Crippen LogP contribution in [-0.4, -0.2) is 5.91 Å². The fourth-order valence-corrected chi connectivity index (χ4v) is 1.34. The molecule has 76 valence electrons. The van der Waals surface area contributed by atoms with Crippen molar-refractivity contribution in [3.63, 3.8) is 0 Å². The molecule has 0 aliphatic heterocycles. The minimum atomic E-state index is -0.364. The molecule has 1 amide bonds. The SMILES string of the molecule is CCc1ccc(C(N)CC(N)=O)cc1. The molecule has 3 nitrogen and oxygen atoms in total. The normalized spacial score (nSPS) is 12.4. The summed E-state index contributed by atoms with van der Waals surface area (Å²) >= 11 is 0. The van der Waals surface area contributed by atoms with E-state index in [4.69, 9.17) is 11.5 Å². The summed E-state index contributed by atoms with van der Waals surface area (Å²) in [5.74, 6) is -0.364. The largest absolute Gasteiger partial charge is 0.370 e. The van der Waals surface area contributed by atoms with Gasteiger partial charge in [-0.15, -0.1) is 0 Å². The standard InChI is InChI=1S/C11H16N2O/c1-2-8-3-5-9(6-4-8)10(12)7-11(13)14/h3-6,10H,2,7,12H2,1H3,(H2,13,14). The molecule has 0 radical (unpaired) electrons. The Balaban J connectivity index is 2.71. The van der Waals surface area contributed by atoms with E-state index in [-0.39, 0.29) is 18.4 Å². The van der Waals surface area contributed by atoms with Gasteiger partial charge < -0.3 is 11.5 Å². The second kappa shape index (κ2) is 4.77. The monoisotopic (exact) mass is 192 g/mol. The van der Waals surface area contributed by atoms with Gasteiger partial charge in [-0.3, -0.25) is 4.79 Å². The van der Waals surface area contributed by atoms with Crippen LogP contribution in [0, 0.1) is 0 Å². The zero-order valence-electron chi connectivity index (χ0n) is 8.36. The minimum Gasteiger partial charge on any atom is -0.370 e. The first-order valence-electron chi connectivity index (χ1n) is 4.76. The third kappa shape index (κ3) is 2.85. The van der Waals surface area contributed by atoms with Crippen molar-refractivity contribution in [1.82, 2.24) is 0 Å². The van der Waals surface area contributed by atoms with Crippen molar-refractivity contribution in [2.75, 3.05) is 0 Å². The Labute approximate surface area is 84.1 Å². The lowest BCUT2D eigenvalue weighted by molar-refractivity contribution is -0.118. The lowest BCUT2D eigenvalue weighted by atomic mass is 10.0. The van der Waals surface area contributed by atoms with Crippen molar-refractivity contribution in [2.45, 2.75) is 25.8 Å².